The number of ether oxygens (including phenoxy) is 4. The lowest BCUT2D eigenvalue weighted by molar-refractivity contribution is -0.160. The van der Waals surface area contributed by atoms with Gasteiger partial charge in [-0.1, -0.05) is 6.07 Å². The molecule has 0 spiro atoms. The SMILES string of the molecule is C[C@H](Oc1ccc(C#N)cc1)C(=O)O[C@H](C)C(=O)NCc1ccc2c(c1)OCO2. The first-order valence-electron chi connectivity index (χ1n) is 9.00. The third kappa shape index (κ3) is 5.17. The van der Waals surface area contributed by atoms with E-state index < -0.39 is 24.1 Å². The maximum absolute atomic E-state index is 12.2. The predicted molar refractivity (Wildman–Crippen MR) is 101 cm³/mol. The molecule has 0 aromatic heterocycles. The number of nitrogens with one attached hydrogen (secondary N) is 1. The van der Waals surface area contributed by atoms with Gasteiger partial charge in [0.15, 0.2) is 23.7 Å². The molecule has 29 heavy (non-hydrogen) atoms. The summed E-state index contributed by atoms with van der Waals surface area (Å²) in [5.41, 5.74) is 1.32. The average Bonchev–Trinajstić information content (AvgIpc) is 3.20. The number of amides is 1. The molecule has 0 unspecified atom stereocenters. The van der Waals surface area contributed by atoms with E-state index in [2.05, 4.69) is 5.32 Å². The molecule has 0 saturated heterocycles. The topological polar surface area (TPSA) is 107 Å². The molecule has 2 atom stereocenters. The van der Waals surface area contributed by atoms with Gasteiger partial charge in [0.05, 0.1) is 11.6 Å². The largest absolute Gasteiger partial charge is 0.479 e. The van der Waals surface area contributed by atoms with E-state index in [-0.39, 0.29) is 13.3 Å². The number of hydrogen-bond donors (Lipinski definition) is 1. The number of carbonyl (C=O) groups excluding carboxylic acids is 2. The van der Waals surface area contributed by atoms with E-state index in [1.165, 1.54) is 13.8 Å². The first-order valence-corrected chi connectivity index (χ1v) is 9.00. The summed E-state index contributed by atoms with van der Waals surface area (Å²) in [5, 5.41) is 11.5. The summed E-state index contributed by atoms with van der Waals surface area (Å²) in [5.74, 6) is 0.624. The number of fused-ring (bicyclic) bond motifs is 1. The molecule has 1 aliphatic heterocycles. The van der Waals surface area contributed by atoms with Gasteiger partial charge in [0, 0.05) is 6.54 Å². The Morgan fingerprint density at radius 2 is 1.83 bits per heavy atom. The zero-order valence-corrected chi connectivity index (χ0v) is 16.0. The minimum absolute atomic E-state index is 0.181. The standard InChI is InChI=1S/C21H20N2O6/c1-13(20(24)23-11-16-5-8-18-19(9-16)27-12-26-18)29-21(25)14(2)28-17-6-3-15(10-22)4-7-17/h3-9,13-14H,11-12H2,1-2H3,(H,23,24)/t13-,14+/m1/s1. The quantitative estimate of drug-likeness (QED) is 0.716. The Labute approximate surface area is 167 Å². The molecule has 1 heterocycles. The van der Waals surface area contributed by atoms with Crippen LogP contribution in [0.3, 0.4) is 0 Å². The molecule has 1 amide bonds. The van der Waals surface area contributed by atoms with Crippen LogP contribution in [0, 0.1) is 11.3 Å². The average molecular weight is 396 g/mol. The van der Waals surface area contributed by atoms with Gasteiger partial charge in [-0.25, -0.2) is 4.79 Å². The van der Waals surface area contributed by atoms with Gasteiger partial charge in [0.25, 0.3) is 5.91 Å². The van der Waals surface area contributed by atoms with Crippen molar-refractivity contribution < 1.29 is 28.5 Å². The molecule has 150 valence electrons. The van der Waals surface area contributed by atoms with Crippen LogP contribution < -0.4 is 19.5 Å². The highest BCUT2D eigenvalue weighted by atomic mass is 16.7. The fourth-order valence-corrected chi connectivity index (χ4v) is 2.57. The van der Waals surface area contributed by atoms with Crippen LogP contribution in [0.15, 0.2) is 42.5 Å². The molecule has 1 N–H and O–H groups in total. The van der Waals surface area contributed by atoms with Crippen LogP contribution in [0.5, 0.6) is 17.2 Å². The number of nitriles is 1. The first-order chi connectivity index (χ1) is 14.0. The number of rotatable bonds is 7. The zero-order chi connectivity index (χ0) is 20.8. The highest BCUT2D eigenvalue weighted by Gasteiger charge is 2.23. The highest BCUT2D eigenvalue weighted by Crippen LogP contribution is 2.32. The number of hydrogen-bond acceptors (Lipinski definition) is 7. The number of benzene rings is 2. The Balaban J connectivity index is 1.46. The van der Waals surface area contributed by atoms with Crippen LogP contribution in [0.2, 0.25) is 0 Å². The molecule has 0 fully saturated rings. The van der Waals surface area contributed by atoms with Gasteiger partial charge in [0.1, 0.15) is 5.75 Å². The molecule has 0 aliphatic carbocycles. The Morgan fingerprint density at radius 3 is 2.55 bits per heavy atom. The number of nitrogens with zero attached hydrogens (tertiary/aromatic N) is 1. The Hall–Kier alpha value is -3.73. The van der Waals surface area contributed by atoms with Crippen LogP contribution in [-0.2, 0) is 20.9 Å². The van der Waals surface area contributed by atoms with Crippen LogP contribution >= 0.6 is 0 Å². The molecule has 0 radical (unpaired) electrons. The van der Waals surface area contributed by atoms with Gasteiger partial charge >= 0.3 is 5.97 Å². The summed E-state index contributed by atoms with van der Waals surface area (Å²) in [4.78, 5) is 24.4. The van der Waals surface area contributed by atoms with E-state index in [9.17, 15) is 9.59 Å². The minimum Gasteiger partial charge on any atom is -0.479 e. The Bertz CT molecular complexity index is 935. The smallest absolute Gasteiger partial charge is 0.347 e. The van der Waals surface area contributed by atoms with E-state index in [1.807, 2.05) is 12.1 Å². The monoisotopic (exact) mass is 396 g/mol. The lowest BCUT2D eigenvalue weighted by Gasteiger charge is -2.18. The van der Waals surface area contributed by atoms with E-state index in [0.717, 1.165) is 5.56 Å². The molecule has 8 nitrogen and oxygen atoms in total. The second-order valence-electron chi connectivity index (χ2n) is 6.38. The van der Waals surface area contributed by atoms with E-state index in [1.54, 1.807) is 36.4 Å². The second-order valence-corrected chi connectivity index (χ2v) is 6.38. The van der Waals surface area contributed by atoms with Crippen molar-refractivity contribution in [3.8, 4) is 23.3 Å². The summed E-state index contributed by atoms with van der Waals surface area (Å²) in [6.45, 7) is 3.45. The molecule has 8 heteroatoms. The summed E-state index contributed by atoms with van der Waals surface area (Å²) >= 11 is 0. The third-order valence-corrected chi connectivity index (χ3v) is 4.19. The maximum Gasteiger partial charge on any atom is 0.347 e. The lowest BCUT2D eigenvalue weighted by atomic mass is 10.2. The van der Waals surface area contributed by atoms with Crippen molar-refractivity contribution in [1.82, 2.24) is 5.32 Å². The Morgan fingerprint density at radius 1 is 1.10 bits per heavy atom. The Kier molecular flexibility index (Phi) is 6.19. The lowest BCUT2D eigenvalue weighted by Crippen LogP contribution is -2.38. The fourth-order valence-electron chi connectivity index (χ4n) is 2.57. The molecule has 0 bridgehead atoms. The van der Waals surface area contributed by atoms with E-state index in [0.29, 0.717) is 22.8 Å². The van der Waals surface area contributed by atoms with Gasteiger partial charge in [-0.15, -0.1) is 0 Å². The van der Waals surface area contributed by atoms with Gasteiger partial charge in [-0.2, -0.15) is 5.26 Å². The summed E-state index contributed by atoms with van der Waals surface area (Å²) in [6.07, 6.45) is -1.89. The van der Waals surface area contributed by atoms with Crippen LogP contribution in [-0.4, -0.2) is 30.9 Å². The van der Waals surface area contributed by atoms with Crippen molar-refractivity contribution in [3.63, 3.8) is 0 Å². The van der Waals surface area contributed by atoms with Crippen LogP contribution in [0.4, 0.5) is 0 Å². The van der Waals surface area contributed by atoms with Gasteiger partial charge in [-0.3, -0.25) is 4.79 Å². The molecule has 2 aromatic carbocycles. The molecular weight excluding hydrogens is 376 g/mol. The fraction of sp³-hybridized carbons (Fsp3) is 0.286. The molecule has 2 aromatic rings. The third-order valence-electron chi connectivity index (χ3n) is 4.19. The van der Waals surface area contributed by atoms with Crippen LogP contribution in [0.1, 0.15) is 25.0 Å². The number of esters is 1. The molecule has 1 aliphatic rings. The van der Waals surface area contributed by atoms with Crippen molar-refractivity contribution in [2.24, 2.45) is 0 Å². The highest BCUT2D eigenvalue weighted by molar-refractivity contribution is 5.84. The van der Waals surface area contributed by atoms with E-state index in [4.69, 9.17) is 24.2 Å². The van der Waals surface area contributed by atoms with Crippen molar-refractivity contribution in [2.45, 2.75) is 32.6 Å². The second kappa shape index (κ2) is 8.97. The number of carbonyl (C=O) groups is 2. The van der Waals surface area contributed by atoms with Crippen molar-refractivity contribution in [3.05, 3.63) is 53.6 Å². The first kappa shape index (κ1) is 20.0. The molecule has 3 rings (SSSR count). The summed E-state index contributed by atoms with van der Waals surface area (Å²) in [6, 6.07) is 13.7. The van der Waals surface area contributed by atoms with Crippen molar-refractivity contribution >= 4 is 11.9 Å². The van der Waals surface area contributed by atoms with Crippen LogP contribution in [0.25, 0.3) is 0 Å². The minimum atomic E-state index is -0.983. The van der Waals surface area contributed by atoms with Gasteiger partial charge in [0.2, 0.25) is 6.79 Å². The summed E-state index contributed by atoms with van der Waals surface area (Å²) in [7, 11) is 0. The maximum atomic E-state index is 12.2. The van der Waals surface area contributed by atoms with Crippen molar-refractivity contribution in [2.75, 3.05) is 6.79 Å². The molecule has 0 saturated carbocycles. The normalized spacial score (nSPS) is 13.7. The summed E-state index contributed by atoms with van der Waals surface area (Å²) < 4.78 is 21.2. The van der Waals surface area contributed by atoms with Gasteiger partial charge < -0.3 is 24.3 Å². The predicted octanol–water partition coefficient (Wildman–Crippen LogP) is 2.30. The van der Waals surface area contributed by atoms with Crippen molar-refractivity contribution in [1.29, 1.82) is 5.26 Å². The van der Waals surface area contributed by atoms with E-state index >= 15 is 0 Å². The molecular formula is C21H20N2O6. The van der Waals surface area contributed by atoms with Gasteiger partial charge in [-0.05, 0) is 55.8 Å². The zero-order valence-electron chi connectivity index (χ0n) is 16.0.